The number of unbranched alkanes of at least 4 members (excludes halogenated alkanes) is 3. The highest BCUT2D eigenvalue weighted by molar-refractivity contribution is 5.00. The van der Waals surface area contributed by atoms with Crippen molar-refractivity contribution < 1.29 is 9.80 Å². The summed E-state index contributed by atoms with van der Waals surface area (Å²) in [7, 11) is 8.49. The zero-order valence-electron chi connectivity index (χ0n) is 11.2. The summed E-state index contributed by atoms with van der Waals surface area (Å²) >= 11 is 0. The molecule has 2 heteroatoms. The fourth-order valence-electron chi connectivity index (χ4n) is 1.08. The van der Waals surface area contributed by atoms with Gasteiger partial charge in [0.25, 0.3) is 0 Å². The summed E-state index contributed by atoms with van der Waals surface area (Å²) in [4.78, 5) is 2.79. The second kappa shape index (κ2) is 10.6. The van der Waals surface area contributed by atoms with Gasteiger partial charge in [-0.3, -0.25) is 0 Å². The average molecular weight is 222 g/mol. The van der Waals surface area contributed by atoms with E-state index in [4.69, 9.17) is 0 Å². The molecule has 0 heterocycles. The molecule has 0 aliphatic carbocycles. The van der Waals surface area contributed by atoms with Crippen LogP contribution in [0.1, 0.15) is 25.7 Å². The van der Waals surface area contributed by atoms with Crippen LogP contribution in [0.3, 0.4) is 0 Å². The van der Waals surface area contributed by atoms with Crippen molar-refractivity contribution in [1.82, 2.24) is 0 Å². The van der Waals surface area contributed by atoms with Gasteiger partial charge in [-0.2, -0.15) is 0 Å². The second-order valence-corrected chi connectivity index (χ2v) is 4.68. The fraction of sp³-hybridized carbons (Fsp3) is 0.714. The first-order valence-corrected chi connectivity index (χ1v) is 6.12. The van der Waals surface area contributed by atoms with E-state index >= 15 is 0 Å². The standard InChI is InChI=1S/C14H24N2/c1-15(2)13-11-9-7-5-6-8-10-12-14-16(3)4/h5-8,13-14H2,1-4H3/p+2. The first kappa shape index (κ1) is 15.0. The fourth-order valence-corrected chi connectivity index (χ4v) is 1.08. The summed E-state index contributed by atoms with van der Waals surface area (Å²) < 4.78 is 0. The van der Waals surface area contributed by atoms with E-state index in [1.807, 2.05) is 0 Å². The monoisotopic (exact) mass is 222 g/mol. The van der Waals surface area contributed by atoms with Crippen LogP contribution in [0.5, 0.6) is 0 Å². The minimum atomic E-state index is 0.950. The molecule has 0 aliphatic heterocycles. The smallest absolute Gasteiger partial charge is 0.138 e. The highest BCUT2D eigenvalue weighted by Crippen LogP contribution is 1.96. The van der Waals surface area contributed by atoms with Gasteiger partial charge in [0.2, 0.25) is 0 Å². The Morgan fingerprint density at radius 2 is 1.00 bits per heavy atom. The normalized spacial score (nSPS) is 9.62. The number of hydrogen-bond donors (Lipinski definition) is 2. The van der Waals surface area contributed by atoms with Gasteiger partial charge in [0.15, 0.2) is 0 Å². The van der Waals surface area contributed by atoms with Gasteiger partial charge in [0, 0.05) is 12.8 Å². The van der Waals surface area contributed by atoms with Crippen molar-refractivity contribution in [1.29, 1.82) is 0 Å². The maximum Gasteiger partial charge on any atom is 0.138 e. The Morgan fingerprint density at radius 3 is 1.31 bits per heavy atom. The lowest BCUT2D eigenvalue weighted by Gasteiger charge is -1.98. The summed E-state index contributed by atoms with van der Waals surface area (Å²) in [6.45, 7) is 1.90. The molecule has 0 aromatic carbocycles. The molecule has 0 atom stereocenters. The molecule has 0 saturated heterocycles. The van der Waals surface area contributed by atoms with E-state index in [-0.39, 0.29) is 0 Å². The molecular weight excluding hydrogens is 196 g/mol. The van der Waals surface area contributed by atoms with Crippen LogP contribution in [0.2, 0.25) is 0 Å². The predicted molar refractivity (Wildman–Crippen MR) is 69.4 cm³/mol. The minimum Gasteiger partial charge on any atom is -0.330 e. The van der Waals surface area contributed by atoms with Gasteiger partial charge in [0.1, 0.15) is 13.1 Å². The third kappa shape index (κ3) is 13.0. The Kier molecular flexibility index (Phi) is 9.92. The van der Waals surface area contributed by atoms with Crippen LogP contribution in [0.25, 0.3) is 0 Å². The van der Waals surface area contributed by atoms with Crippen molar-refractivity contribution in [2.24, 2.45) is 0 Å². The summed E-state index contributed by atoms with van der Waals surface area (Å²) in [6, 6.07) is 0. The number of nitrogens with one attached hydrogen (secondary N) is 2. The van der Waals surface area contributed by atoms with E-state index in [1.54, 1.807) is 0 Å². The highest BCUT2D eigenvalue weighted by atomic mass is 15.0. The first-order chi connectivity index (χ1) is 7.63. The highest BCUT2D eigenvalue weighted by Gasteiger charge is 1.86. The molecule has 0 aromatic rings. The molecule has 0 aromatic heterocycles. The third-order valence-corrected chi connectivity index (χ3v) is 1.99. The lowest BCUT2D eigenvalue weighted by atomic mass is 10.2. The molecule has 0 spiro atoms. The molecule has 0 fully saturated rings. The molecule has 0 bridgehead atoms. The summed E-state index contributed by atoms with van der Waals surface area (Å²) in [5, 5.41) is 0. The van der Waals surface area contributed by atoms with Crippen molar-refractivity contribution in [3.63, 3.8) is 0 Å². The SMILES string of the molecule is C[NH+](C)CC#CCCCCC#CC[NH+](C)C. The molecule has 16 heavy (non-hydrogen) atoms. The molecule has 0 rings (SSSR count). The van der Waals surface area contributed by atoms with Crippen molar-refractivity contribution in [3.05, 3.63) is 0 Å². The van der Waals surface area contributed by atoms with Crippen molar-refractivity contribution >= 4 is 0 Å². The topological polar surface area (TPSA) is 8.88 Å². The molecule has 0 aliphatic rings. The van der Waals surface area contributed by atoms with Crippen LogP contribution in [-0.4, -0.2) is 41.3 Å². The van der Waals surface area contributed by atoms with Crippen LogP contribution in [0.4, 0.5) is 0 Å². The zero-order chi connectivity index (χ0) is 12.2. The molecule has 2 nitrogen and oxygen atoms in total. The molecule has 0 radical (unpaired) electrons. The number of rotatable bonds is 5. The maximum absolute atomic E-state index is 3.20. The number of hydrogen-bond acceptors (Lipinski definition) is 0. The molecule has 90 valence electrons. The van der Waals surface area contributed by atoms with Crippen molar-refractivity contribution in [2.75, 3.05) is 41.3 Å². The van der Waals surface area contributed by atoms with E-state index in [2.05, 4.69) is 51.9 Å². The van der Waals surface area contributed by atoms with E-state index in [0.29, 0.717) is 0 Å². The Morgan fingerprint density at radius 1 is 0.625 bits per heavy atom. The van der Waals surface area contributed by atoms with Gasteiger partial charge < -0.3 is 9.80 Å². The van der Waals surface area contributed by atoms with Crippen molar-refractivity contribution in [2.45, 2.75) is 25.7 Å². The van der Waals surface area contributed by atoms with Crippen LogP contribution in [-0.2, 0) is 0 Å². The van der Waals surface area contributed by atoms with Gasteiger partial charge in [-0.1, -0.05) is 11.8 Å². The van der Waals surface area contributed by atoms with Crippen LogP contribution in [0, 0.1) is 23.7 Å². The number of quaternary nitrogens is 2. The van der Waals surface area contributed by atoms with Crippen LogP contribution >= 0.6 is 0 Å². The molecular formula is C14H26N2+2. The van der Waals surface area contributed by atoms with Crippen LogP contribution < -0.4 is 9.80 Å². The minimum absolute atomic E-state index is 0.950. The summed E-state index contributed by atoms with van der Waals surface area (Å²) in [5.41, 5.74) is 0. The second-order valence-electron chi connectivity index (χ2n) is 4.68. The van der Waals surface area contributed by atoms with Gasteiger partial charge in [0.05, 0.1) is 28.2 Å². The van der Waals surface area contributed by atoms with Gasteiger partial charge in [-0.15, -0.1) is 0 Å². The van der Waals surface area contributed by atoms with E-state index in [0.717, 1.165) is 25.9 Å². The van der Waals surface area contributed by atoms with Gasteiger partial charge in [-0.25, -0.2) is 0 Å². The Bertz CT molecular complexity index is 241. The van der Waals surface area contributed by atoms with Crippen molar-refractivity contribution in [3.8, 4) is 23.7 Å². The zero-order valence-corrected chi connectivity index (χ0v) is 11.2. The molecule has 2 N–H and O–H groups in total. The Hall–Kier alpha value is -0.960. The van der Waals surface area contributed by atoms with Gasteiger partial charge in [-0.05, 0) is 24.7 Å². The lowest BCUT2D eigenvalue weighted by Crippen LogP contribution is -3.05. The van der Waals surface area contributed by atoms with Crippen LogP contribution in [0.15, 0.2) is 0 Å². The molecule has 0 amide bonds. The summed E-state index contributed by atoms with van der Waals surface area (Å²) in [6.07, 6.45) is 4.40. The third-order valence-electron chi connectivity index (χ3n) is 1.99. The van der Waals surface area contributed by atoms with Gasteiger partial charge >= 0.3 is 0 Å². The lowest BCUT2D eigenvalue weighted by molar-refractivity contribution is -0.850. The van der Waals surface area contributed by atoms with E-state index < -0.39 is 0 Å². The molecule has 0 saturated carbocycles. The predicted octanol–water partition coefficient (Wildman–Crippen LogP) is -1.16. The van der Waals surface area contributed by atoms with E-state index in [1.165, 1.54) is 22.6 Å². The van der Waals surface area contributed by atoms with E-state index in [9.17, 15) is 0 Å². The molecule has 0 unspecified atom stereocenters. The Labute approximate surface area is 101 Å². The average Bonchev–Trinajstić information content (AvgIpc) is 2.20. The Balaban J connectivity index is 3.31. The largest absolute Gasteiger partial charge is 0.330 e. The first-order valence-electron chi connectivity index (χ1n) is 6.12. The quantitative estimate of drug-likeness (QED) is 0.429. The summed E-state index contributed by atoms with van der Waals surface area (Å²) in [5.74, 6) is 12.8. The maximum atomic E-state index is 3.20.